The Kier molecular flexibility index (Phi) is 5.44. The third-order valence-corrected chi connectivity index (χ3v) is 6.62. The maximum Gasteiger partial charge on any atom is 0.285 e. The molecule has 0 aliphatic heterocycles. The van der Waals surface area contributed by atoms with Crippen LogP contribution in [0.3, 0.4) is 0 Å². The van der Waals surface area contributed by atoms with Gasteiger partial charge in [0.05, 0.1) is 23.5 Å². The number of hydrogen-bond donors (Lipinski definition) is 1. The molecule has 0 saturated heterocycles. The molecular formula is C20H16ClF2N3O4S. The highest BCUT2D eigenvalue weighted by Crippen LogP contribution is 2.42. The van der Waals surface area contributed by atoms with Crippen LogP contribution in [0.4, 0.5) is 8.78 Å². The molecule has 0 radical (unpaired) electrons. The fourth-order valence-electron chi connectivity index (χ4n) is 3.18. The summed E-state index contributed by atoms with van der Waals surface area (Å²) in [4.78, 5) is 16.5. The number of amides is 1. The van der Waals surface area contributed by atoms with Gasteiger partial charge in [0.1, 0.15) is 28.6 Å². The molecule has 162 valence electrons. The molecule has 1 heterocycles. The van der Waals surface area contributed by atoms with Crippen molar-refractivity contribution in [3.63, 3.8) is 0 Å². The highest BCUT2D eigenvalue weighted by Gasteiger charge is 2.35. The number of halogens is 3. The quantitative estimate of drug-likeness (QED) is 0.595. The first-order valence-electron chi connectivity index (χ1n) is 9.14. The molecule has 1 N–H and O–H groups in total. The summed E-state index contributed by atoms with van der Waals surface area (Å²) in [5.74, 6) is -2.26. The standard InChI is InChI=1S/C20H16ClF2N3O4S/c1-30-13-5-6-14(21)17(9-13)31(28,29)25-20(27)18-19(11-2-3-11)26(10-24-18)16-8-12(22)4-7-15(16)23/h4-11H,2-3H2,1H3,(H,25,27). The lowest BCUT2D eigenvalue weighted by Crippen LogP contribution is -2.31. The van der Waals surface area contributed by atoms with E-state index in [2.05, 4.69) is 4.98 Å². The minimum Gasteiger partial charge on any atom is -0.497 e. The number of sulfonamides is 1. The number of hydrogen-bond acceptors (Lipinski definition) is 5. The number of benzene rings is 2. The molecule has 0 atom stereocenters. The molecule has 7 nitrogen and oxygen atoms in total. The molecule has 3 aromatic rings. The van der Waals surface area contributed by atoms with E-state index in [4.69, 9.17) is 16.3 Å². The number of ether oxygens (including phenoxy) is 1. The number of methoxy groups -OCH3 is 1. The number of rotatable bonds is 6. The molecule has 1 aliphatic rings. The van der Waals surface area contributed by atoms with E-state index in [1.54, 1.807) is 0 Å². The largest absolute Gasteiger partial charge is 0.497 e. The van der Waals surface area contributed by atoms with Gasteiger partial charge in [-0.1, -0.05) is 11.6 Å². The number of imidazole rings is 1. The zero-order valence-electron chi connectivity index (χ0n) is 16.1. The van der Waals surface area contributed by atoms with Gasteiger partial charge >= 0.3 is 0 Å². The number of carbonyl (C=O) groups excluding carboxylic acids is 1. The van der Waals surface area contributed by atoms with E-state index < -0.39 is 27.6 Å². The number of carbonyl (C=O) groups is 1. The summed E-state index contributed by atoms with van der Waals surface area (Å²) in [7, 11) is -3.00. The van der Waals surface area contributed by atoms with Crippen molar-refractivity contribution < 1.29 is 26.7 Å². The molecule has 4 rings (SSSR count). The van der Waals surface area contributed by atoms with E-state index in [0.29, 0.717) is 18.5 Å². The van der Waals surface area contributed by atoms with Gasteiger partial charge in [0.15, 0.2) is 5.69 Å². The van der Waals surface area contributed by atoms with Crippen LogP contribution >= 0.6 is 11.6 Å². The van der Waals surface area contributed by atoms with Crippen LogP contribution in [-0.4, -0.2) is 31.0 Å². The molecule has 0 bridgehead atoms. The summed E-state index contributed by atoms with van der Waals surface area (Å²) < 4.78 is 61.7. The minimum atomic E-state index is -4.36. The van der Waals surface area contributed by atoms with Gasteiger partial charge in [-0.25, -0.2) is 26.9 Å². The van der Waals surface area contributed by atoms with Crippen LogP contribution in [0.2, 0.25) is 5.02 Å². The first-order valence-corrected chi connectivity index (χ1v) is 11.0. The third-order valence-electron chi connectivity index (χ3n) is 4.81. The SMILES string of the molecule is COc1ccc(Cl)c(S(=O)(=O)NC(=O)c2ncn(-c3cc(F)ccc3F)c2C2CC2)c1. The van der Waals surface area contributed by atoms with Crippen LogP contribution in [0.15, 0.2) is 47.6 Å². The van der Waals surface area contributed by atoms with Crippen LogP contribution in [0, 0.1) is 11.6 Å². The molecule has 1 fully saturated rings. The molecule has 2 aromatic carbocycles. The lowest BCUT2D eigenvalue weighted by Gasteiger charge is -2.12. The summed E-state index contributed by atoms with van der Waals surface area (Å²) >= 11 is 5.99. The van der Waals surface area contributed by atoms with E-state index in [0.717, 1.165) is 18.2 Å². The Hall–Kier alpha value is -2.98. The van der Waals surface area contributed by atoms with Crippen molar-refractivity contribution in [3.05, 3.63) is 70.8 Å². The minimum absolute atomic E-state index is 0.101. The normalized spacial score (nSPS) is 13.8. The van der Waals surface area contributed by atoms with E-state index in [9.17, 15) is 22.0 Å². The molecule has 0 unspecified atom stereocenters. The van der Waals surface area contributed by atoms with Crippen molar-refractivity contribution in [3.8, 4) is 11.4 Å². The van der Waals surface area contributed by atoms with Crippen LogP contribution in [0.25, 0.3) is 5.69 Å². The molecule has 1 amide bonds. The van der Waals surface area contributed by atoms with Crippen LogP contribution in [0.1, 0.15) is 34.9 Å². The van der Waals surface area contributed by atoms with Gasteiger partial charge in [0.2, 0.25) is 0 Å². The zero-order chi connectivity index (χ0) is 22.3. The van der Waals surface area contributed by atoms with Crippen molar-refractivity contribution in [2.75, 3.05) is 7.11 Å². The topological polar surface area (TPSA) is 90.3 Å². The molecule has 0 spiro atoms. The predicted octanol–water partition coefficient (Wildman–Crippen LogP) is 3.81. The lowest BCUT2D eigenvalue weighted by molar-refractivity contribution is 0.0976. The second-order valence-electron chi connectivity index (χ2n) is 6.95. The van der Waals surface area contributed by atoms with Gasteiger partial charge in [0, 0.05) is 18.1 Å². The summed E-state index contributed by atoms with van der Waals surface area (Å²) in [6.07, 6.45) is 2.58. The van der Waals surface area contributed by atoms with Crippen LogP contribution < -0.4 is 9.46 Å². The van der Waals surface area contributed by atoms with Gasteiger partial charge < -0.3 is 4.74 Å². The molecular weight excluding hydrogens is 452 g/mol. The van der Waals surface area contributed by atoms with Crippen molar-refractivity contribution in [1.29, 1.82) is 0 Å². The molecule has 1 aliphatic carbocycles. The first kappa shape index (κ1) is 21.3. The predicted molar refractivity (Wildman–Crippen MR) is 108 cm³/mol. The summed E-state index contributed by atoms with van der Waals surface area (Å²) in [6.45, 7) is 0. The Morgan fingerprint density at radius 3 is 2.65 bits per heavy atom. The number of nitrogens with zero attached hydrogens (tertiary/aromatic N) is 2. The van der Waals surface area contributed by atoms with Gasteiger partial charge in [-0.3, -0.25) is 9.36 Å². The smallest absolute Gasteiger partial charge is 0.285 e. The second kappa shape index (κ2) is 7.93. The average molecular weight is 468 g/mol. The maximum absolute atomic E-state index is 14.3. The van der Waals surface area contributed by atoms with Crippen molar-refractivity contribution in [2.24, 2.45) is 0 Å². The second-order valence-corrected chi connectivity index (χ2v) is 9.01. The van der Waals surface area contributed by atoms with E-state index in [1.165, 1.54) is 36.2 Å². The van der Waals surface area contributed by atoms with Crippen molar-refractivity contribution >= 4 is 27.5 Å². The van der Waals surface area contributed by atoms with E-state index in [-0.39, 0.29) is 33.0 Å². The first-order chi connectivity index (χ1) is 14.7. The Bertz CT molecular complexity index is 1290. The molecule has 1 saturated carbocycles. The van der Waals surface area contributed by atoms with E-state index >= 15 is 0 Å². The summed E-state index contributed by atoms with van der Waals surface area (Å²) in [5.41, 5.74) is 0.00911. The lowest BCUT2D eigenvalue weighted by atomic mass is 10.2. The highest BCUT2D eigenvalue weighted by atomic mass is 35.5. The monoisotopic (exact) mass is 467 g/mol. The molecule has 31 heavy (non-hydrogen) atoms. The number of aromatic nitrogens is 2. The van der Waals surface area contributed by atoms with E-state index in [1.807, 2.05) is 4.72 Å². The fourth-order valence-corrected chi connectivity index (χ4v) is 4.65. The van der Waals surface area contributed by atoms with Crippen molar-refractivity contribution in [2.45, 2.75) is 23.7 Å². The van der Waals surface area contributed by atoms with Crippen LogP contribution in [0.5, 0.6) is 5.75 Å². The summed E-state index contributed by atoms with van der Waals surface area (Å²) in [5, 5.41) is -0.101. The highest BCUT2D eigenvalue weighted by molar-refractivity contribution is 7.90. The fraction of sp³-hybridized carbons (Fsp3) is 0.200. The Morgan fingerprint density at radius 1 is 1.23 bits per heavy atom. The zero-order valence-corrected chi connectivity index (χ0v) is 17.7. The van der Waals surface area contributed by atoms with Crippen LogP contribution in [-0.2, 0) is 10.0 Å². The third kappa shape index (κ3) is 4.13. The Labute approximate surface area is 181 Å². The van der Waals surface area contributed by atoms with Gasteiger partial charge in [-0.2, -0.15) is 0 Å². The summed E-state index contributed by atoms with van der Waals surface area (Å²) in [6, 6.07) is 6.92. The number of nitrogens with one attached hydrogen (secondary N) is 1. The molecule has 11 heteroatoms. The molecule has 1 aromatic heterocycles. The maximum atomic E-state index is 14.3. The Balaban J connectivity index is 1.72. The van der Waals surface area contributed by atoms with Gasteiger partial charge in [0.25, 0.3) is 15.9 Å². The van der Waals surface area contributed by atoms with Crippen molar-refractivity contribution in [1.82, 2.24) is 14.3 Å². The van der Waals surface area contributed by atoms with Gasteiger partial charge in [-0.05, 0) is 37.1 Å². The van der Waals surface area contributed by atoms with Gasteiger partial charge in [-0.15, -0.1) is 0 Å². The Morgan fingerprint density at radius 2 is 1.97 bits per heavy atom. The average Bonchev–Trinajstić information content (AvgIpc) is 3.47.